The minimum Gasteiger partial charge on any atom is -0.375 e. The molecular formula is C6H17B3N3. The van der Waals surface area contributed by atoms with Gasteiger partial charge in [0.25, 0.3) is 21.5 Å². The van der Waals surface area contributed by atoms with Gasteiger partial charge in [-0.1, -0.05) is 26.7 Å². The summed E-state index contributed by atoms with van der Waals surface area (Å²) in [7, 11) is 1.96. The van der Waals surface area contributed by atoms with Crippen molar-refractivity contribution < 1.29 is 0 Å². The first-order valence-corrected chi connectivity index (χ1v) is 4.96. The Morgan fingerprint density at radius 2 is 1.92 bits per heavy atom. The Morgan fingerprint density at radius 1 is 1.17 bits per heavy atom. The van der Waals surface area contributed by atoms with Crippen molar-refractivity contribution in [3.63, 3.8) is 0 Å². The van der Waals surface area contributed by atoms with Gasteiger partial charge in [-0.15, -0.1) is 0 Å². The Morgan fingerprint density at radius 3 is 2.58 bits per heavy atom. The molecule has 3 nitrogen and oxygen atoms in total. The molecule has 65 valence electrons. The lowest BCUT2D eigenvalue weighted by Crippen LogP contribution is -2.69. The lowest BCUT2D eigenvalue weighted by atomic mass is 9.53. The van der Waals surface area contributed by atoms with E-state index >= 15 is 0 Å². The molecule has 3 N–H and O–H groups in total. The van der Waals surface area contributed by atoms with Crippen LogP contribution in [0.4, 0.5) is 0 Å². The average molecular weight is 164 g/mol. The predicted molar refractivity (Wildman–Crippen MR) is 56.9 cm³/mol. The van der Waals surface area contributed by atoms with Crippen LogP contribution in [0.3, 0.4) is 0 Å². The van der Waals surface area contributed by atoms with Gasteiger partial charge in [0, 0.05) is 0 Å². The first-order chi connectivity index (χ1) is 5.86. The smallest absolute Gasteiger partial charge is 0.285 e. The molecule has 1 fully saturated rings. The van der Waals surface area contributed by atoms with E-state index in [0.29, 0.717) is 14.0 Å². The molecule has 1 heterocycles. The van der Waals surface area contributed by atoms with Gasteiger partial charge < -0.3 is 15.4 Å². The summed E-state index contributed by atoms with van der Waals surface area (Å²) in [6, 6.07) is 0. The Balaban J connectivity index is 2.16. The minimum absolute atomic E-state index is 0.452. The van der Waals surface area contributed by atoms with Crippen LogP contribution in [0.5, 0.6) is 0 Å². The first kappa shape index (κ1) is 10.2. The van der Waals surface area contributed by atoms with E-state index in [1.807, 2.05) is 7.55 Å². The molecule has 0 saturated carbocycles. The molecule has 1 aliphatic rings. The second kappa shape index (κ2) is 5.67. The second-order valence-corrected chi connectivity index (χ2v) is 3.30. The van der Waals surface area contributed by atoms with E-state index in [2.05, 4.69) is 29.3 Å². The third-order valence-electron chi connectivity index (χ3n) is 2.23. The molecule has 0 aliphatic carbocycles. The lowest BCUT2D eigenvalue weighted by molar-refractivity contribution is 0.861. The van der Waals surface area contributed by atoms with Crippen LogP contribution < -0.4 is 15.4 Å². The van der Waals surface area contributed by atoms with Crippen LogP contribution in [0, 0.1) is 0 Å². The molecule has 0 unspecified atom stereocenters. The molecular weight excluding hydrogens is 147 g/mol. The van der Waals surface area contributed by atoms with Crippen LogP contribution in [0.2, 0.25) is 12.6 Å². The fraction of sp³-hybridized carbons (Fsp3) is 1.00. The van der Waals surface area contributed by atoms with E-state index in [4.69, 9.17) is 0 Å². The van der Waals surface area contributed by atoms with Gasteiger partial charge in [-0.05, 0) is 12.6 Å². The molecule has 0 atom stereocenters. The zero-order valence-electron chi connectivity index (χ0n) is 8.06. The third kappa shape index (κ3) is 3.21. The van der Waals surface area contributed by atoms with Crippen LogP contribution in [-0.4, -0.2) is 21.5 Å². The SMILES string of the molecule is CCCCB1N[B]NB(CC)N1. The predicted octanol–water partition coefficient (Wildman–Crippen LogP) is 0.0994. The maximum Gasteiger partial charge on any atom is 0.285 e. The largest absolute Gasteiger partial charge is 0.375 e. The van der Waals surface area contributed by atoms with Crippen molar-refractivity contribution in [3.05, 3.63) is 0 Å². The molecule has 0 amide bonds. The van der Waals surface area contributed by atoms with E-state index < -0.39 is 0 Å². The van der Waals surface area contributed by atoms with Crippen molar-refractivity contribution >= 4 is 21.5 Å². The topological polar surface area (TPSA) is 36.1 Å². The van der Waals surface area contributed by atoms with Gasteiger partial charge in [-0.25, -0.2) is 0 Å². The fourth-order valence-electron chi connectivity index (χ4n) is 1.40. The van der Waals surface area contributed by atoms with Gasteiger partial charge in [-0.2, -0.15) is 0 Å². The number of nitrogens with one attached hydrogen (secondary N) is 3. The van der Waals surface area contributed by atoms with Gasteiger partial charge in [0.05, 0.1) is 0 Å². The summed E-state index contributed by atoms with van der Waals surface area (Å²) in [6.45, 7) is 5.33. The van der Waals surface area contributed by atoms with E-state index in [0.717, 1.165) is 6.32 Å². The van der Waals surface area contributed by atoms with Crippen LogP contribution in [0.1, 0.15) is 26.7 Å². The standard InChI is InChI=1S/C6H17B3N3/c1-3-5-6-9-11-7-10-8(4-2)12-9/h10-12H,3-6H2,1-2H3. The molecule has 6 heteroatoms. The zero-order chi connectivity index (χ0) is 8.81. The van der Waals surface area contributed by atoms with E-state index in [-0.39, 0.29) is 0 Å². The highest BCUT2D eigenvalue weighted by Gasteiger charge is 2.25. The first-order valence-electron chi connectivity index (χ1n) is 4.96. The number of unbranched alkanes of at least 4 members (excludes halogenated alkanes) is 1. The number of rotatable bonds is 4. The van der Waals surface area contributed by atoms with Crippen LogP contribution >= 0.6 is 0 Å². The van der Waals surface area contributed by atoms with Crippen LogP contribution in [-0.2, 0) is 0 Å². The summed E-state index contributed by atoms with van der Waals surface area (Å²) in [5.74, 6) is 0. The molecule has 1 rings (SSSR count). The summed E-state index contributed by atoms with van der Waals surface area (Å²) < 4.78 is 0. The van der Waals surface area contributed by atoms with Gasteiger partial charge in [-0.3, -0.25) is 0 Å². The molecule has 1 radical (unpaired) electrons. The quantitative estimate of drug-likeness (QED) is 0.515. The maximum absolute atomic E-state index is 3.48. The highest BCUT2D eigenvalue weighted by molar-refractivity contribution is 6.81. The Labute approximate surface area is 77.0 Å². The van der Waals surface area contributed by atoms with Gasteiger partial charge >= 0.3 is 0 Å². The van der Waals surface area contributed by atoms with Crippen LogP contribution in [0.15, 0.2) is 0 Å². The van der Waals surface area contributed by atoms with E-state index in [1.54, 1.807) is 0 Å². The molecule has 0 aromatic rings. The zero-order valence-corrected chi connectivity index (χ0v) is 8.06. The second-order valence-electron chi connectivity index (χ2n) is 3.30. The van der Waals surface area contributed by atoms with Gasteiger partial charge in [0.2, 0.25) is 0 Å². The normalized spacial score (nSPS) is 17.8. The number of hydrogen-bond acceptors (Lipinski definition) is 3. The van der Waals surface area contributed by atoms with Gasteiger partial charge in [0.1, 0.15) is 0 Å². The Bertz CT molecular complexity index is 125. The molecule has 1 aliphatic heterocycles. The fourth-order valence-corrected chi connectivity index (χ4v) is 1.40. The summed E-state index contributed by atoms with van der Waals surface area (Å²) in [5, 5.41) is 9.98. The van der Waals surface area contributed by atoms with Crippen molar-refractivity contribution in [2.45, 2.75) is 39.3 Å². The summed E-state index contributed by atoms with van der Waals surface area (Å²) in [5.41, 5.74) is 0. The molecule has 0 spiro atoms. The molecule has 0 aromatic heterocycles. The van der Waals surface area contributed by atoms with Crippen molar-refractivity contribution in [1.29, 1.82) is 0 Å². The molecule has 12 heavy (non-hydrogen) atoms. The number of hydrogen-bond donors (Lipinski definition) is 3. The Kier molecular flexibility index (Phi) is 4.80. The molecule has 0 aromatic carbocycles. The van der Waals surface area contributed by atoms with Crippen molar-refractivity contribution in [1.82, 2.24) is 15.4 Å². The lowest BCUT2D eigenvalue weighted by Gasteiger charge is -2.27. The van der Waals surface area contributed by atoms with E-state index in [9.17, 15) is 0 Å². The van der Waals surface area contributed by atoms with Crippen molar-refractivity contribution in [2.24, 2.45) is 0 Å². The molecule has 0 bridgehead atoms. The third-order valence-corrected chi connectivity index (χ3v) is 2.23. The van der Waals surface area contributed by atoms with Gasteiger partial charge in [0.15, 0.2) is 0 Å². The average Bonchev–Trinajstić information content (AvgIpc) is 2.15. The summed E-state index contributed by atoms with van der Waals surface area (Å²) in [6.07, 6.45) is 4.89. The maximum atomic E-state index is 3.48. The van der Waals surface area contributed by atoms with E-state index in [1.165, 1.54) is 19.2 Å². The highest BCUT2D eigenvalue weighted by Crippen LogP contribution is 1.98. The summed E-state index contributed by atoms with van der Waals surface area (Å²) in [4.78, 5) is 0. The van der Waals surface area contributed by atoms with Crippen molar-refractivity contribution in [3.8, 4) is 0 Å². The minimum atomic E-state index is 0.452. The van der Waals surface area contributed by atoms with Crippen molar-refractivity contribution in [2.75, 3.05) is 0 Å². The monoisotopic (exact) mass is 164 g/mol. The highest BCUT2D eigenvalue weighted by atomic mass is 15.0. The van der Waals surface area contributed by atoms with Crippen LogP contribution in [0.25, 0.3) is 0 Å². The molecule has 1 saturated heterocycles. The Hall–Kier alpha value is 0.0748. The summed E-state index contributed by atoms with van der Waals surface area (Å²) >= 11 is 0.